The first-order chi connectivity index (χ1) is 12.1. The predicted octanol–water partition coefficient (Wildman–Crippen LogP) is 3.47. The average Bonchev–Trinajstić information content (AvgIpc) is 2.65. The third kappa shape index (κ3) is 3.12. The molecule has 6 nitrogen and oxygen atoms in total. The second-order valence-electron chi connectivity index (χ2n) is 6.16. The first-order valence-electron chi connectivity index (χ1n) is 8.26. The molecule has 6 heteroatoms. The highest BCUT2D eigenvalue weighted by Gasteiger charge is 2.38. The molecular formula is C19H22N2O4. The summed E-state index contributed by atoms with van der Waals surface area (Å²) in [6.07, 6.45) is 0.797. The summed E-state index contributed by atoms with van der Waals surface area (Å²) in [7, 11) is 3.18. The number of methoxy groups -OCH3 is 2. The van der Waals surface area contributed by atoms with Gasteiger partial charge in [0.05, 0.1) is 14.2 Å². The quantitative estimate of drug-likeness (QED) is 0.615. The van der Waals surface area contributed by atoms with Gasteiger partial charge in [-0.2, -0.15) is 0 Å². The summed E-state index contributed by atoms with van der Waals surface area (Å²) in [4.78, 5) is 13.5. The van der Waals surface area contributed by atoms with Crippen LogP contribution in [0.25, 0.3) is 0 Å². The third-order valence-corrected chi connectivity index (χ3v) is 4.80. The molecule has 132 valence electrons. The van der Waals surface area contributed by atoms with E-state index >= 15 is 0 Å². The zero-order valence-corrected chi connectivity index (χ0v) is 14.6. The molecule has 2 unspecified atom stereocenters. The molecule has 0 bridgehead atoms. The Kier molecular flexibility index (Phi) is 4.79. The van der Waals surface area contributed by atoms with Crippen molar-refractivity contribution in [2.45, 2.75) is 25.4 Å². The molecule has 1 heterocycles. The minimum atomic E-state index is -0.752. The molecule has 2 atom stereocenters. The first kappa shape index (κ1) is 17.1. The second-order valence-corrected chi connectivity index (χ2v) is 6.16. The zero-order valence-electron chi connectivity index (χ0n) is 14.6. The van der Waals surface area contributed by atoms with Crippen LogP contribution < -0.4 is 14.4 Å². The van der Waals surface area contributed by atoms with Gasteiger partial charge in [-0.1, -0.05) is 18.2 Å². The lowest BCUT2D eigenvalue weighted by Gasteiger charge is -2.39. The average molecular weight is 342 g/mol. The maximum Gasteiger partial charge on any atom is 0.234 e. The minimum absolute atomic E-state index is 0.216. The van der Waals surface area contributed by atoms with E-state index < -0.39 is 6.04 Å². The lowest BCUT2D eigenvalue weighted by Crippen LogP contribution is -2.43. The van der Waals surface area contributed by atoms with Gasteiger partial charge in [0, 0.05) is 24.1 Å². The molecule has 2 aromatic carbocycles. The lowest BCUT2D eigenvalue weighted by molar-refractivity contribution is -0.522. The Morgan fingerprint density at radius 1 is 1.16 bits per heavy atom. The van der Waals surface area contributed by atoms with E-state index in [0.717, 1.165) is 29.8 Å². The molecule has 0 saturated heterocycles. The molecule has 25 heavy (non-hydrogen) atoms. The van der Waals surface area contributed by atoms with Crippen molar-refractivity contribution in [2.24, 2.45) is 0 Å². The van der Waals surface area contributed by atoms with Crippen molar-refractivity contribution in [1.82, 2.24) is 0 Å². The van der Waals surface area contributed by atoms with E-state index in [1.54, 1.807) is 21.1 Å². The molecule has 0 N–H and O–H groups in total. The molecular weight excluding hydrogens is 320 g/mol. The molecule has 0 spiro atoms. The summed E-state index contributed by atoms with van der Waals surface area (Å²) in [6, 6.07) is 12.5. The summed E-state index contributed by atoms with van der Waals surface area (Å²) in [5, 5.41) is 11.6. The van der Waals surface area contributed by atoms with Gasteiger partial charge >= 0.3 is 0 Å². The smallest absolute Gasteiger partial charge is 0.234 e. The van der Waals surface area contributed by atoms with E-state index in [1.165, 1.54) is 0 Å². The molecule has 1 aliphatic rings. The van der Waals surface area contributed by atoms with E-state index in [2.05, 4.69) is 4.90 Å². The van der Waals surface area contributed by atoms with Crippen molar-refractivity contribution >= 4 is 5.69 Å². The highest BCUT2D eigenvalue weighted by atomic mass is 16.6. The number of hydrogen-bond acceptors (Lipinski definition) is 5. The van der Waals surface area contributed by atoms with Crippen LogP contribution in [0.4, 0.5) is 5.69 Å². The number of hydrogen-bond donors (Lipinski definition) is 0. The first-order valence-corrected chi connectivity index (χ1v) is 8.26. The van der Waals surface area contributed by atoms with E-state index in [9.17, 15) is 10.1 Å². The van der Waals surface area contributed by atoms with Gasteiger partial charge in [0.25, 0.3) is 0 Å². The largest absolute Gasteiger partial charge is 0.493 e. The van der Waals surface area contributed by atoms with Gasteiger partial charge in [-0.15, -0.1) is 0 Å². The van der Waals surface area contributed by atoms with Crippen LogP contribution in [0.2, 0.25) is 0 Å². The molecule has 2 aromatic rings. The normalized spacial score (nSPS) is 17.6. The lowest BCUT2D eigenvalue weighted by atomic mass is 9.88. The van der Waals surface area contributed by atoms with E-state index in [0.29, 0.717) is 11.5 Å². The van der Waals surface area contributed by atoms with E-state index in [4.69, 9.17) is 9.47 Å². The van der Waals surface area contributed by atoms with Gasteiger partial charge in [0.2, 0.25) is 6.04 Å². The maximum absolute atomic E-state index is 11.6. The second kappa shape index (κ2) is 7.01. The Hall–Kier alpha value is -2.76. The standard InChI is InChI=1S/C19H22N2O4/c1-13(21(22)23)19-16-12-18(25-3)17(24-2)11-14(16)9-10-20(19)15-7-5-4-6-8-15/h4-8,11-13,19H,9-10H2,1-3H3. The number of rotatable bonds is 5. The van der Waals surface area contributed by atoms with Crippen molar-refractivity contribution in [1.29, 1.82) is 0 Å². The number of para-hydroxylation sites is 1. The van der Waals surface area contributed by atoms with Crippen LogP contribution in [-0.4, -0.2) is 31.7 Å². The van der Waals surface area contributed by atoms with Crippen LogP contribution in [0.5, 0.6) is 11.5 Å². The molecule has 0 aromatic heterocycles. The van der Waals surface area contributed by atoms with Crippen molar-refractivity contribution in [2.75, 3.05) is 25.7 Å². The molecule has 0 amide bonds. The Morgan fingerprint density at radius 3 is 2.40 bits per heavy atom. The number of nitro groups is 1. The SMILES string of the molecule is COc1cc2c(cc1OC)C(C(C)[N+](=O)[O-])N(c1ccccc1)CC2. The van der Waals surface area contributed by atoms with Crippen LogP contribution in [-0.2, 0) is 6.42 Å². The summed E-state index contributed by atoms with van der Waals surface area (Å²) >= 11 is 0. The van der Waals surface area contributed by atoms with Gasteiger partial charge in [-0.05, 0) is 41.8 Å². The van der Waals surface area contributed by atoms with Gasteiger partial charge < -0.3 is 14.4 Å². The van der Waals surface area contributed by atoms with Crippen molar-refractivity contribution in [3.8, 4) is 11.5 Å². The zero-order chi connectivity index (χ0) is 18.0. The van der Waals surface area contributed by atoms with Crippen LogP contribution >= 0.6 is 0 Å². The Labute approximate surface area is 147 Å². The fourth-order valence-electron chi connectivity index (χ4n) is 3.52. The number of fused-ring (bicyclic) bond motifs is 1. The molecule has 0 aliphatic carbocycles. The number of benzene rings is 2. The van der Waals surface area contributed by atoms with Crippen molar-refractivity contribution < 1.29 is 14.4 Å². The molecule has 3 rings (SSSR count). The van der Waals surface area contributed by atoms with Crippen LogP contribution in [0, 0.1) is 10.1 Å². The van der Waals surface area contributed by atoms with E-state index in [-0.39, 0.29) is 11.0 Å². The summed E-state index contributed by atoms with van der Waals surface area (Å²) in [6.45, 7) is 2.38. The maximum atomic E-state index is 11.6. The Balaban J connectivity index is 2.13. The molecule has 0 saturated carbocycles. The minimum Gasteiger partial charge on any atom is -0.493 e. The summed E-state index contributed by atoms with van der Waals surface area (Å²) < 4.78 is 10.8. The van der Waals surface area contributed by atoms with Crippen LogP contribution in [0.3, 0.4) is 0 Å². The van der Waals surface area contributed by atoms with Gasteiger partial charge in [0.1, 0.15) is 6.04 Å². The highest BCUT2D eigenvalue weighted by molar-refractivity contribution is 5.56. The van der Waals surface area contributed by atoms with Crippen LogP contribution in [0.1, 0.15) is 24.1 Å². The van der Waals surface area contributed by atoms with Gasteiger partial charge in [-0.25, -0.2) is 0 Å². The highest BCUT2D eigenvalue weighted by Crippen LogP contribution is 2.41. The van der Waals surface area contributed by atoms with E-state index in [1.807, 2.05) is 42.5 Å². The van der Waals surface area contributed by atoms with Crippen LogP contribution in [0.15, 0.2) is 42.5 Å². The fraction of sp³-hybridized carbons (Fsp3) is 0.368. The monoisotopic (exact) mass is 342 g/mol. The molecule has 1 aliphatic heterocycles. The number of anilines is 1. The summed E-state index contributed by atoms with van der Waals surface area (Å²) in [5.41, 5.74) is 2.99. The number of ether oxygens (including phenoxy) is 2. The molecule has 0 fully saturated rings. The Morgan fingerprint density at radius 2 is 1.80 bits per heavy atom. The van der Waals surface area contributed by atoms with Gasteiger partial charge in [-0.3, -0.25) is 10.1 Å². The topological polar surface area (TPSA) is 64.8 Å². The molecule has 0 radical (unpaired) electrons. The summed E-state index contributed by atoms with van der Waals surface area (Å²) in [5.74, 6) is 1.25. The predicted molar refractivity (Wildman–Crippen MR) is 96.2 cm³/mol. The van der Waals surface area contributed by atoms with Gasteiger partial charge in [0.15, 0.2) is 11.5 Å². The Bertz CT molecular complexity index is 764. The van der Waals surface area contributed by atoms with Crippen molar-refractivity contribution in [3.63, 3.8) is 0 Å². The third-order valence-electron chi connectivity index (χ3n) is 4.80. The number of nitrogens with zero attached hydrogens (tertiary/aromatic N) is 2. The fourth-order valence-corrected chi connectivity index (χ4v) is 3.52. The van der Waals surface area contributed by atoms with Crippen molar-refractivity contribution in [3.05, 3.63) is 63.7 Å².